The molecular weight excluding hydrogens is 216 g/mol. The summed E-state index contributed by atoms with van der Waals surface area (Å²) < 4.78 is 0. The third kappa shape index (κ3) is 1.83. The summed E-state index contributed by atoms with van der Waals surface area (Å²) in [5.74, 6) is 0.142. The Hall–Kier alpha value is -1.06. The molecule has 1 aliphatic carbocycles. The van der Waals surface area contributed by atoms with E-state index in [-0.39, 0.29) is 23.9 Å². The van der Waals surface area contributed by atoms with E-state index in [1.165, 1.54) is 0 Å². The Bertz CT molecular complexity index is 334. The summed E-state index contributed by atoms with van der Waals surface area (Å²) in [6.45, 7) is 5.90. The van der Waals surface area contributed by atoms with Gasteiger partial charge in [0.2, 0.25) is 11.8 Å². The van der Waals surface area contributed by atoms with E-state index in [4.69, 9.17) is 0 Å². The topological polar surface area (TPSA) is 49.4 Å². The summed E-state index contributed by atoms with van der Waals surface area (Å²) in [5, 5.41) is 2.97. The molecule has 0 aromatic heterocycles. The van der Waals surface area contributed by atoms with Gasteiger partial charge in [-0.15, -0.1) is 0 Å². The van der Waals surface area contributed by atoms with Crippen molar-refractivity contribution < 1.29 is 9.59 Å². The summed E-state index contributed by atoms with van der Waals surface area (Å²) in [5.41, 5.74) is -0.576. The second kappa shape index (κ2) is 4.31. The molecule has 2 aliphatic rings. The Morgan fingerprint density at radius 2 is 2.00 bits per heavy atom. The fourth-order valence-electron chi connectivity index (χ4n) is 3.04. The standard InChI is InChI=1S/C13H22N2O2/c1-4-9(2)15-10(3)11(16)14-13(12(15)17)7-5-6-8-13/h9-10H,4-8H2,1-3H3,(H,14,16). The van der Waals surface area contributed by atoms with E-state index >= 15 is 0 Å². The SMILES string of the molecule is CCC(C)N1C(=O)C2(CCCC2)NC(=O)C1C. The second-order valence-corrected chi connectivity index (χ2v) is 5.42. The normalized spacial score (nSPS) is 29.6. The van der Waals surface area contributed by atoms with Crippen LogP contribution in [0.2, 0.25) is 0 Å². The lowest BCUT2D eigenvalue weighted by molar-refractivity contribution is -0.156. The van der Waals surface area contributed by atoms with Crippen LogP contribution in [0, 0.1) is 0 Å². The number of nitrogens with zero attached hydrogens (tertiary/aromatic N) is 1. The van der Waals surface area contributed by atoms with E-state index in [1.807, 2.05) is 13.8 Å². The van der Waals surface area contributed by atoms with Gasteiger partial charge < -0.3 is 10.2 Å². The van der Waals surface area contributed by atoms with Crippen LogP contribution in [-0.2, 0) is 9.59 Å². The predicted molar refractivity (Wildman–Crippen MR) is 65.4 cm³/mol. The largest absolute Gasteiger partial charge is 0.340 e. The van der Waals surface area contributed by atoms with Gasteiger partial charge in [-0.3, -0.25) is 9.59 Å². The second-order valence-electron chi connectivity index (χ2n) is 5.42. The third-order valence-corrected chi connectivity index (χ3v) is 4.33. The lowest BCUT2D eigenvalue weighted by Crippen LogP contribution is -2.70. The van der Waals surface area contributed by atoms with Crippen molar-refractivity contribution in [1.29, 1.82) is 0 Å². The van der Waals surface area contributed by atoms with Crippen molar-refractivity contribution in [2.45, 2.75) is 70.5 Å². The van der Waals surface area contributed by atoms with Crippen LogP contribution in [0.3, 0.4) is 0 Å². The molecule has 0 bridgehead atoms. The number of rotatable bonds is 2. The first kappa shape index (κ1) is 12.4. The smallest absolute Gasteiger partial charge is 0.249 e. The maximum atomic E-state index is 12.6. The van der Waals surface area contributed by atoms with Gasteiger partial charge in [-0.1, -0.05) is 19.8 Å². The zero-order chi connectivity index (χ0) is 12.6. The molecule has 1 saturated heterocycles. The Morgan fingerprint density at radius 1 is 1.41 bits per heavy atom. The Kier molecular flexibility index (Phi) is 3.15. The molecule has 1 N–H and O–H groups in total. The van der Waals surface area contributed by atoms with E-state index in [0.717, 1.165) is 32.1 Å². The summed E-state index contributed by atoms with van der Waals surface area (Å²) in [7, 11) is 0. The molecule has 2 unspecified atom stereocenters. The quantitative estimate of drug-likeness (QED) is 0.791. The van der Waals surface area contributed by atoms with Crippen LogP contribution < -0.4 is 5.32 Å². The minimum absolute atomic E-state index is 0.00630. The minimum atomic E-state index is -0.576. The third-order valence-electron chi connectivity index (χ3n) is 4.33. The van der Waals surface area contributed by atoms with Crippen molar-refractivity contribution in [3.8, 4) is 0 Å². The van der Waals surface area contributed by atoms with Gasteiger partial charge in [0, 0.05) is 6.04 Å². The van der Waals surface area contributed by atoms with Crippen LogP contribution in [0.5, 0.6) is 0 Å². The predicted octanol–water partition coefficient (Wildman–Crippen LogP) is 1.44. The van der Waals surface area contributed by atoms with Crippen LogP contribution >= 0.6 is 0 Å². The Morgan fingerprint density at radius 3 is 2.53 bits per heavy atom. The van der Waals surface area contributed by atoms with Gasteiger partial charge in [-0.2, -0.15) is 0 Å². The number of piperazine rings is 1. The molecule has 2 rings (SSSR count). The first-order chi connectivity index (χ1) is 8.02. The molecule has 1 spiro atoms. The van der Waals surface area contributed by atoms with Gasteiger partial charge in [-0.05, 0) is 33.1 Å². The average Bonchev–Trinajstić information content (AvgIpc) is 2.76. The Balaban J connectivity index is 2.30. The van der Waals surface area contributed by atoms with Crippen LogP contribution in [0.4, 0.5) is 0 Å². The fraction of sp³-hybridized carbons (Fsp3) is 0.846. The van der Waals surface area contributed by atoms with Crippen molar-refractivity contribution in [2.75, 3.05) is 0 Å². The molecular formula is C13H22N2O2. The number of carbonyl (C=O) groups excluding carboxylic acids is 2. The van der Waals surface area contributed by atoms with Crippen LogP contribution in [0.15, 0.2) is 0 Å². The summed E-state index contributed by atoms with van der Waals surface area (Å²) in [6, 6.07) is -0.190. The van der Waals surface area contributed by atoms with E-state index in [1.54, 1.807) is 4.90 Å². The molecule has 1 aliphatic heterocycles. The molecule has 2 amide bonds. The van der Waals surface area contributed by atoms with Gasteiger partial charge in [0.1, 0.15) is 11.6 Å². The van der Waals surface area contributed by atoms with Gasteiger partial charge in [-0.25, -0.2) is 0 Å². The van der Waals surface area contributed by atoms with Crippen molar-refractivity contribution in [1.82, 2.24) is 10.2 Å². The summed E-state index contributed by atoms with van der Waals surface area (Å²) in [6.07, 6.45) is 4.57. The lowest BCUT2D eigenvalue weighted by atomic mass is 9.90. The maximum Gasteiger partial charge on any atom is 0.249 e. The zero-order valence-corrected chi connectivity index (χ0v) is 11.0. The first-order valence-electron chi connectivity index (χ1n) is 6.66. The first-order valence-corrected chi connectivity index (χ1v) is 6.66. The number of hydrogen-bond donors (Lipinski definition) is 1. The highest BCUT2D eigenvalue weighted by atomic mass is 16.2. The highest BCUT2D eigenvalue weighted by Gasteiger charge is 2.51. The van der Waals surface area contributed by atoms with Crippen LogP contribution in [-0.4, -0.2) is 34.3 Å². The molecule has 0 radical (unpaired) electrons. The monoisotopic (exact) mass is 238 g/mol. The molecule has 0 aromatic rings. The molecule has 1 heterocycles. The number of carbonyl (C=O) groups is 2. The van der Waals surface area contributed by atoms with E-state index in [0.29, 0.717) is 0 Å². The molecule has 96 valence electrons. The molecule has 2 atom stereocenters. The molecule has 17 heavy (non-hydrogen) atoms. The van der Waals surface area contributed by atoms with E-state index in [2.05, 4.69) is 12.2 Å². The van der Waals surface area contributed by atoms with Crippen LogP contribution in [0.25, 0.3) is 0 Å². The van der Waals surface area contributed by atoms with Crippen molar-refractivity contribution in [2.24, 2.45) is 0 Å². The van der Waals surface area contributed by atoms with Crippen LogP contribution in [0.1, 0.15) is 52.9 Å². The lowest BCUT2D eigenvalue weighted by Gasteiger charge is -2.45. The van der Waals surface area contributed by atoms with Gasteiger partial charge in [0.15, 0.2) is 0 Å². The number of amides is 2. The van der Waals surface area contributed by atoms with E-state index < -0.39 is 5.54 Å². The zero-order valence-electron chi connectivity index (χ0n) is 11.0. The number of hydrogen-bond acceptors (Lipinski definition) is 2. The van der Waals surface area contributed by atoms with Gasteiger partial charge in [0.05, 0.1) is 0 Å². The Labute approximate surface area is 103 Å². The fourth-order valence-corrected chi connectivity index (χ4v) is 3.04. The minimum Gasteiger partial charge on any atom is -0.340 e. The molecule has 4 heteroatoms. The van der Waals surface area contributed by atoms with Crippen molar-refractivity contribution in [3.05, 3.63) is 0 Å². The number of nitrogens with one attached hydrogen (secondary N) is 1. The molecule has 4 nitrogen and oxygen atoms in total. The molecule has 0 aromatic carbocycles. The summed E-state index contributed by atoms with van der Waals surface area (Å²) in [4.78, 5) is 26.4. The van der Waals surface area contributed by atoms with Crippen molar-refractivity contribution >= 4 is 11.8 Å². The summed E-state index contributed by atoms with van der Waals surface area (Å²) >= 11 is 0. The van der Waals surface area contributed by atoms with E-state index in [9.17, 15) is 9.59 Å². The average molecular weight is 238 g/mol. The van der Waals surface area contributed by atoms with Gasteiger partial charge in [0.25, 0.3) is 0 Å². The van der Waals surface area contributed by atoms with Gasteiger partial charge >= 0.3 is 0 Å². The van der Waals surface area contributed by atoms with Crippen molar-refractivity contribution in [3.63, 3.8) is 0 Å². The maximum absolute atomic E-state index is 12.6. The molecule has 1 saturated carbocycles. The highest BCUT2D eigenvalue weighted by Crippen LogP contribution is 2.35. The highest BCUT2D eigenvalue weighted by molar-refractivity contribution is 6.00. The molecule has 2 fully saturated rings.